The van der Waals surface area contributed by atoms with Gasteiger partial charge in [-0.3, -0.25) is 4.79 Å². The van der Waals surface area contributed by atoms with Gasteiger partial charge >= 0.3 is 11.9 Å². The summed E-state index contributed by atoms with van der Waals surface area (Å²) in [6, 6.07) is 0.340. The number of aromatic carboxylic acids is 1. The Morgan fingerprint density at radius 3 is 2.76 bits per heavy atom. The zero-order chi connectivity index (χ0) is 15.2. The van der Waals surface area contributed by atoms with E-state index in [1.54, 1.807) is 12.3 Å². The highest BCUT2D eigenvalue weighted by atomic mass is 32.1. The number of hydrogen-bond donors (Lipinski definition) is 1. The summed E-state index contributed by atoms with van der Waals surface area (Å²) in [4.78, 5) is 28.7. The Morgan fingerprint density at radius 2 is 2.19 bits per heavy atom. The van der Waals surface area contributed by atoms with E-state index in [4.69, 9.17) is 9.84 Å². The third kappa shape index (κ3) is 4.17. The molecule has 2 rings (SSSR count). The molecule has 1 aliphatic carbocycles. The molecule has 1 aromatic heterocycles. The molecule has 0 unspecified atom stereocenters. The van der Waals surface area contributed by atoms with Gasteiger partial charge in [-0.25, -0.2) is 9.78 Å². The SMILES string of the molecule is CCOC(=O)CCN(c1nc(C(=O)O)cs1)C1CCCC1. The standard InChI is InChI=1S/C14H20N2O4S/c1-2-20-12(17)7-8-16(10-5-3-4-6-10)14-15-11(9-21-14)13(18)19/h9-10H,2-8H2,1H3,(H,18,19). The number of esters is 1. The van der Waals surface area contributed by atoms with Gasteiger partial charge in [0.25, 0.3) is 0 Å². The molecule has 0 amide bonds. The van der Waals surface area contributed by atoms with Gasteiger partial charge in [-0.15, -0.1) is 11.3 Å². The number of ether oxygens (including phenoxy) is 1. The van der Waals surface area contributed by atoms with Crippen LogP contribution in [0.4, 0.5) is 5.13 Å². The van der Waals surface area contributed by atoms with Gasteiger partial charge in [0, 0.05) is 18.0 Å². The highest BCUT2D eigenvalue weighted by Crippen LogP contribution is 2.30. The van der Waals surface area contributed by atoms with Crippen LogP contribution in [0.3, 0.4) is 0 Å². The number of nitrogens with zero attached hydrogens (tertiary/aromatic N) is 2. The molecule has 1 aliphatic rings. The van der Waals surface area contributed by atoms with E-state index in [0.717, 1.165) is 25.7 Å². The van der Waals surface area contributed by atoms with Crippen LogP contribution in [0.2, 0.25) is 0 Å². The predicted octanol–water partition coefficient (Wildman–Crippen LogP) is 2.54. The molecule has 1 saturated carbocycles. The fourth-order valence-corrected chi connectivity index (χ4v) is 3.49. The molecular formula is C14H20N2O4S. The molecule has 0 spiro atoms. The van der Waals surface area contributed by atoms with Gasteiger partial charge in [-0.1, -0.05) is 12.8 Å². The maximum atomic E-state index is 11.5. The lowest BCUT2D eigenvalue weighted by atomic mass is 10.2. The number of aromatic nitrogens is 1. The molecule has 6 nitrogen and oxygen atoms in total. The summed E-state index contributed by atoms with van der Waals surface area (Å²) in [6.07, 6.45) is 4.75. The van der Waals surface area contributed by atoms with E-state index in [9.17, 15) is 9.59 Å². The number of thiazole rings is 1. The Bertz CT molecular complexity index is 497. The van der Waals surface area contributed by atoms with Crippen LogP contribution in [-0.4, -0.2) is 41.2 Å². The van der Waals surface area contributed by atoms with E-state index < -0.39 is 5.97 Å². The van der Waals surface area contributed by atoms with Gasteiger partial charge in [-0.05, 0) is 19.8 Å². The Labute approximate surface area is 127 Å². The van der Waals surface area contributed by atoms with Gasteiger partial charge in [0.15, 0.2) is 10.8 Å². The summed E-state index contributed by atoms with van der Waals surface area (Å²) >= 11 is 1.32. The summed E-state index contributed by atoms with van der Waals surface area (Å²) in [5.74, 6) is -1.25. The van der Waals surface area contributed by atoms with Crippen molar-refractivity contribution in [2.75, 3.05) is 18.1 Å². The second kappa shape index (κ2) is 7.40. The zero-order valence-corrected chi connectivity index (χ0v) is 12.9. The van der Waals surface area contributed by atoms with Crippen molar-refractivity contribution in [3.05, 3.63) is 11.1 Å². The van der Waals surface area contributed by atoms with Crippen LogP contribution in [-0.2, 0) is 9.53 Å². The van der Waals surface area contributed by atoms with Crippen LogP contribution in [0.15, 0.2) is 5.38 Å². The third-order valence-corrected chi connectivity index (χ3v) is 4.46. The van der Waals surface area contributed by atoms with Gasteiger partial charge in [0.1, 0.15) is 0 Å². The van der Waals surface area contributed by atoms with Crippen LogP contribution in [0, 0.1) is 0 Å². The maximum Gasteiger partial charge on any atom is 0.355 e. The second-order valence-electron chi connectivity index (χ2n) is 5.01. The van der Waals surface area contributed by atoms with E-state index in [2.05, 4.69) is 9.88 Å². The highest BCUT2D eigenvalue weighted by molar-refractivity contribution is 7.13. The van der Waals surface area contributed by atoms with E-state index in [0.29, 0.717) is 30.7 Å². The molecule has 0 atom stereocenters. The van der Waals surface area contributed by atoms with Crippen LogP contribution in [0.5, 0.6) is 0 Å². The first kappa shape index (κ1) is 15.8. The molecule has 0 aromatic carbocycles. The molecular weight excluding hydrogens is 292 g/mol. The van der Waals surface area contributed by atoms with Crippen LogP contribution < -0.4 is 4.90 Å². The number of anilines is 1. The summed E-state index contributed by atoms with van der Waals surface area (Å²) < 4.78 is 4.96. The normalized spacial score (nSPS) is 15.1. The number of carbonyl (C=O) groups excluding carboxylic acids is 1. The molecule has 1 heterocycles. The lowest BCUT2D eigenvalue weighted by molar-refractivity contribution is -0.142. The Kier molecular flexibility index (Phi) is 5.55. The Hall–Kier alpha value is -1.63. The van der Waals surface area contributed by atoms with Crippen molar-refractivity contribution in [3.63, 3.8) is 0 Å². The average Bonchev–Trinajstić information content (AvgIpc) is 3.10. The number of carboxylic acids is 1. The first-order valence-electron chi connectivity index (χ1n) is 7.23. The molecule has 1 fully saturated rings. The summed E-state index contributed by atoms with van der Waals surface area (Å²) in [5.41, 5.74) is 0.0640. The number of carboxylic acid groups (broad SMARTS) is 1. The minimum Gasteiger partial charge on any atom is -0.476 e. The lowest BCUT2D eigenvalue weighted by Crippen LogP contribution is -2.35. The second-order valence-corrected chi connectivity index (χ2v) is 5.84. The number of rotatable bonds is 7. The van der Waals surface area contributed by atoms with Crippen molar-refractivity contribution in [1.82, 2.24) is 4.98 Å². The first-order valence-corrected chi connectivity index (χ1v) is 8.11. The van der Waals surface area contributed by atoms with Crippen molar-refractivity contribution < 1.29 is 19.4 Å². The van der Waals surface area contributed by atoms with Crippen molar-refractivity contribution in [1.29, 1.82) is 0 Å². The van der Waals surface area contributed by atoms with Crippen molar-refractivity contribution >= 4 is 28.4 Å². The Balaban J connectivity index is 2.07. The van der Waals surface area contributed by atoms with Crippen molar-refractivity contribution in [2.24, 2.45) is 0 Å². The smallest absolute Gasteiger partial charge is 0.355 e. The fourth-order valence-electron chi connectivity index (χ4n) is 2.59. The molecule has 21 heavy (non-hydrogen) atoms. The molecule has 116 valence electrons. The third-order valence-electron chi connectivity index (χ3n) is 3.58. The summed E-state index contributed by atoms with van der Waals surface area (Å²) in [6.45, 7) is 2.69. The maximum absolute atomic E-state index is 11.5. The average molecular weight is 312 g/mol. The van der Waals surface area contributed by atoms with E-state index in [1.807, 2.05) is 0 Å². The highest BCUT2D eigenvalue weighted by Gasteiger charge is 2.26. The van der Waals surface area contributed by atoms with Crippen molar-refractivity contribution in [2.45, 2.75) is 45.1 Å². The molecule has 1 N–H and O–H groups in total. The monoisotopic (exact) mass is 312 g/mol. The first-order chi connectivity index (χ1) is 10.1. The molecule has 1 aromatic rings. The van der Waals surface area contributed by atoms with E-state index in [-0.39, 0.29) is 11.7 Å². The van der Waals surface area contributed by atoms with Crippen LogP contribution in [0.1, 0.15) is 49.5 Å². The Morgan fingerprint density at radius 1 is 1.48 bits per heavy atom. The molecule has 0 saturated heterocycles. The van der Waals surface area contributed by atoms with Gasteiger partial charge < -0.3 is 14.7 Å². The zero-order valence-electron chi connectivity index (χ0n) is 12.1. The molecule has 0 radical (unpaired) electrons. The minimum atomic E-state index is -1.02. The van der Waals surface area contributed by atoms with Crippen LogP contribution in [0.25, 0.3) is 0 Å². The van der Waals surface area contributed by atoms with Crippen molar-refractivity contribution in [3.8, 4) is 0 Å². The van der Waals surface area contributed by atoms with E-state index in [1.165, 1.54) is 11.3 Å². The fraction of sp³-hybridized carbons (Fsp3) is 0.643. The topological polar surface area (TPSA) is 79.7 Å². The van der Waals surface area contributed by atoms with Gasteiger partial charge in [0.05, 0.1) is 13.0 Å². The summed E-state index contributed by atoms with van der Waals surface area (Å²) in [7, 11) is 0. The quantitative estimate of drug-likeness (QED) is 0.779. The van der Waals surface area contributed by atoms with Gasteiger partial charge in [0.2, 0.25) is 0 Å². The molecule has 0 aliphatic heterocycles. The number of hydrogen-bond acceptors (Lipinski definition) is 6. The van der Waals surface area contributed by atoms with Crippen LogP contribution >= 0.6 is 11.3 Å². The largest absolute Gasteiger partial charge is 0.476 e. The van der Waals surface area contributed by atoms with Gasteiger partial charge in [-0.2, -0.15) is 0 Å². The minimum absolute atomic E-state index is 0.0640. The van der Waals surface area contributed by atoms with E-state index >= 15 is 0 Å². The number of carbonyl (C=O) groups is 2. The predicted molar refractivity (Wildman–Crippen MR) is 79.9 cm³/mol. The summed E-state index contributed by atoms with van der Waals surface area (Å²) in [5, 5.41) is 11.2. The lowest BCUT2D eigenvalue weighted by Gasteiger charge is -2.28. The molecule has 7 heteroatoms. The molecule has 0 bridgehead atoms.